The van der Waals surface area contributed by atoms with E-state index in [0.29, 0.717) is 20.5 Å². The largest absolute Gasteiger partial charge is 0.606 e. The molecule has 2 aromatic carbocycles. The second-order valence-corrected chi connectivity index (χ2v) is 5.84. The SMILES string of the molecule is CC(=O)Nc1ccc([S+]([O-])c2ccc(Cl)cc2)cc1. The Hall–Kier alpha value is -1.49. The summed E-state index contributed by atoms with van der Waals surface area (Å²) in [5.41, 5.74) is 0.685. The van der Waals surface area contributed by atoms with Crippen molar-refractivity contribution in [2.24, 2.45) is 0 Å². The first kappa shape index (κ1) is 13.9. The van der Waals surface area contributed by atoms with E-state index in [4.69, 9.17) is 11.6 Å². The van der Waals surface area contributed by atoms with Gasteiger partial charge in [0.25, 0.3) is 0 Å². The van der Waals surface area contributed by atoms with Crippen molar-refractivity contribution in [2.45, 2.75) is 16.7 Å². The van der Waals surface area contributed by atoms with Crippen molar-refractivity contribution in [1.29, 1.82) is 0 Å². The maximum atomic E-state index is 12.3. The molecule has 1 N–H and O–H groups in total. The van der Waals surface area contributed by atoms with Crippen molar-refractivity contribution < 1.29 is 9.35 Å². The number of carbonyl (C=O) groups excluding carboxylic acids is 1. The van der Waals surface area contributed by atoms with Crippen molar-refractivity contribution in [3.8, 4) is 0 Å². The number of anilines is 1. The van der Waals surface area contributed by atoms with E-state index in [1.165, 1.54) is 6.92 Å². The van der Waals surface area contributed by atoms with Gasteiger partial charge < -0.3 is 9.87 Å². The standard InChI is InChI=1S/C14H12ClNO2S/c1-10(17)16-12-4-8-14(9-5-12)19(18)13-6-2-11(15)3-7-13/h2-9H,1H3,(H,16,17). The van der Waals surface area contributed by atoms with Crippen LogP contribution in [0, 0.1) is 0 Å². The first-order valence-corrected chi connectivity index (χ1v) is 7.14. The topological polar surface area (TPSA) is 52.2 Å². The lowest BCUT2D eigenvalue weighted by Crippen LogP contribution is -2.06. The molecule has 0 heterocycles. The summed E-state index contributed by atoms with van der Waals surface area (Å²) in [4.78, 5) is 12.3. The summed E-state index contributed by atoms with van der Waals surface area (Å²) in [6.45, 7) is 1.44. The van der Waals surface area contributed by atoms with Crippen LogP contribution in [0.3, 0.4) is 0 Å². The number of nitrogens with one attached hydrogen (secondary N) is 1. The Kier molecular flexibility index (Phi) is 4.47. The summed E-state index contributed by atoms with van der Waals surface area (Å²) in [7, 11) is 0. The molecule has 3 nitrogen and oxygen atoms in total. The summed E-state index contributed by atoms with van der Waals surface area (Å²) >= 11 is 4.55. The Balaban J connectivity index is 2.17. The molecule has 98 valence electrons. The van der Waals surface area contributed by atoms with Crippen LogP contribution in [-0.2, 0) is 16.0 Å². The second-order valence-electron chi connectivity index (χ2n) is 3.93. The van der Waals surface area contributed by atoms with Gasteiger partial charge in [-0.2, -0.15) is 0 Å². The van der Waals surface area contributed by atoms with Gasteiger partial charge in [-0.3, -0.25) is 4.79 Å². The predicted molar refractivity (Wildman–Crippen MR) is 76.9 cm³/mol. The summed E-state index contributed by atoms with van der Waals surface area (Å²) in [5.74, 6) is -0.133. The van der Waals surface area contributed by atoms with E-state index in [0.717, 1.165) is 0 Å². The van der Waals surface area contributed by atoms with Crippen LogP contribution in [0.2, 0.25) is 5.02 Å². The minimum Gasteiger partial charge on any atom is -0.606 e. The van der Waals surface area contributed by atoms with Crippen LogP contribution in [0.25, 0.3) is 0 Å². The average Bonchev–Trinajstić information content (AvgIpc) is 2.39. The van der Waals surface area contributed by atoms with Gasteiger partial charge in [0.15, 0.2) is 9.79 Å². The van der Waals surface area contributed by atoms with Crippen LogP contribution < -0.4 is 5.32 Å². The number of hydrogen-bond acceptors (Lipinski definition) is 2. The number of hydrogen-bond donors (Lipinski definition) is 1. The van der Waals surface area contributed by atoms with Gasteiger partial charge in [-0.1, -0.05) is 11.6 Å². The molecule has 0 aromatic heterocycles. The third kappa shape index (κ3) is 3.73. The molecule has 0 aliphatic heterocycles. The molecule has 2 rings (SSSR count). The van der Waals surface area contributed by atoms with E-state index in [2.05, 4.69) is 5.32 Å². The normalized spacial score (nSPS) is 11.9. The maximum absolute atomic E-state index is 12.3. The average molecular weight is 294 g/mol. The van der Waals surface area contributed by atoms with Crippen LogP contribution in [0.15, 0.2) is 58.3 Å². The minimum atomic E-state index is -1.25. The monoisotopic (exact) mass is 293 g/mol. The molecule has 0 aliphatic carbocycles. The fourth-order valence-electron chi connectivity index (χ4n) is 1.56. The molecule has 0 saturated heterocycles. The first-order chi connectivity index (χ1) is 9.06. The van der Waals surface area contributed by atoms with Crippen LogP contribution >= 0.6 is 11.6 Å². The highest BCUT2D eigenvalue weighted by atomic mass is 35.5. The fourth-order valence-corrected chi connectivity index (χ4v) is 2.72. The van der Waals surface area contributed by atoms with Crippen molar-refractivity contribution >= 4 is 34.4 Å². The number of amides is 1. The summed E-state index contributed by atoms with van der Waals surface area (Å²) in [6.07, 6.45) is 0. The van der Waals surface area contributed by atoms with E-state index in [1.54, 1.807) is 48.5 Å². The summed E-state index contributed by atoms with van der Waals surface area (Å²) in [6, 6.07) is 13.8. The van der Waals surface area contributed by atoms with Gasteiger partial charge in [-0.05, 0) is 48.5 Å². The quantitative estimate of drug-likeness (QED) is 0.881. The van der Waals surface area contributed by atoms with Gasteiger partial charge in [-0.15, -0.1) is 0 Å². The zero-order chi connectivity index (χ0) is 13.8. The van der Waals surface area contributed by atoms with Crippen LogP contribution in [0.5, 0.6) is 0 Å². The Morgan fingerprint density at radius 3 is 2.00 bits per heavy atom. The molecule has 19 heavy (non-hydrogen) atoms. The molecule has 1 amide bonds. The Morgan fingerprint density at radius 2 is 1.53 bits per heavy atom. The zero-order valence-electron chi connectivity index (χ0n) is 10.2. The van der Waals surface area contributed by atoms with E-state index in [9.17, 15) is 9.35 Å². The van der Waals surface area contributed by atoms with Crippen molar-refractivity contribution in [1.82, 2.24) is 0 Å². The number of benzene rings is 2. The van der Waals surface area contributed by atoms with Crippen LogP contribution in [0.1, 0.15) is 6.92 Å². The van der Waals surface area contributed by atoms with E-state index in [1.807, 2.05) is 0 Å². The van der Waals surface area contributed by atoms with Gasteiger partial charge in [0.2, 0.25) is 5.91 Å². The highest BCUT2D eigenvalue weighted by Crippen LogP contribution is 2.23. The van der Waals surface area contributed by atoms with Gasteiger partial charge in [-0.25, -0.2) is 0 Å². The van der Waals surface area contributed by atoms with Crippen molar-refractivity contribution in [2.75, 3.05) is 5.32 Å². The molecule has 0 bridgehead atoms. The minimum absolute atomic E-state index is 0.133. The highest BCUT2D eigenvalue weighted by Gasteiger charge is 2.14. The number of halogens is 1. The van der Waals surface area contributed by atoms with Gasteiger partial charge in [0.1, 0.15) is 0 Å². The smallest absolute Gasteiger partial charge is 0.221 e. The molecule has 0 saturated carbocycles. The summed E-state index contributed by atoms with van der Waals surface area (Å²) < 4.78 is 12.3. The first-order valence-electron chi connectivity index (χ1n) is 5.61. The molecule has 0 aliphatic rings. The summed E-state index contributed by atoms with van der Waals surface area (Å²) in [5, 5.41) is 3.28. The maximum Gasteiger partial charge on any atom is 0.221 e. The third-order valence-electron chi connectivity index (χ3n) is 2.42. The second kappa shape index (κ2) is 6.10. The predicted octanol–water partition coefficient (Wildman–Crippen LogP) is 3.47. The Labute approximate surface area is 119 Å². The molecule has 1 unspecified atom stereocenters. The molecule has 1 atom stereocenters. The highest BCUT2D eigenvalue weighted by molar-refractivity contribution is 7.91. The molecule has 0 radical (unpaired) electrons. The van der Waals surface area contributed by atoms with Crippen LogP contribution in [0.4, 0.5) is 5.69 Å². The van der Waals surface area contributed by atoms with E-state index in [-0.39, 0.29) is 5.91 Å². The lowest BCUT2D eigenvalue weighted by atomic mass is 10.3. The van der Waals surface area contributed by atoms with E-state index >= 15 is 0 Å². The lowest BCUT2D eigenvalue weighted by molar-refractivity contribution is -0.114. The Morgan fingerprint density at radius 1 is 1.05 bits per heavy atom. The lowest BCUT2D eigenvalue weighted by Gasteiger charge is -2.10. The fraction of sp³-hybridized carbons (Fsp3) is 0.0714. The van der Waals surface area contributed by atoms with Crippen molar-refractivity contribution in [3.05, 3.63) is 53.6 Å². The zero-order valence-corrected chi connectivity index (χ0v) is 11.8. The molecule has 2 aromatic rings. The van der Waals surface area contributed by atoms with Crippen molar-refractivity contribution in [3.63, 3.8) is 0 Å². The number of rotatable bonds is 3. The molecular formula is C14H12ClNO2S. The number of carbonyl (C=O) groups is 1. The van der Waals surface area contributed by atoms with Gasteiger partial charge in [0, 0.05) is 28.8 Å². The van der Waals surface area contributed by atoms with E-state index < -0.39 is 11.2 Å². The molecule has 0 fully saturated rings. The molecule has 0 spiro atoms. The van der Waals surface area contributed by atoms with Crippen LogP contribution in [-0.4, -0.2) is 10.5 Å². The molecule has 5 heteroatoms. The Bertz CT molecular complexity index is 569. The molecular weight excluding hydrogens is 282 g/mol. The van der Waals surface area contributed by atoms with Gasteiger partial charge in [0.05, 0.1) is 0 Å². The third-order valence-corrected chi connectivity index (χ3v) is 4.07. The van der Waals surface area contributed by atoms with Gasteiger partial charge >= 0.3 is 0 Å².